The van der Waals surface area contributed by atoms with Crippen LogP contribution in [0.15, 0.2) is 0 Å². The van der Waals surface area contributed by atoms with Crippen molar-refractivity contribution in [1.29, 1.82) is 0 Å². The third-order valence-electron chi connectivity index (χ3n) is 2.34. The van der Waals surface area contributed by atoms with Crippen LogP contribution in [0.5, 0.6) is 0 Å². The first-order valence-electron chi connectivity index (χ1n) is 5.92. The van der Waals surface area contributed by atoms with Crippen LogP contribution in [-0.4, -0.2) is 47.0 Å². The molecule has 0 heterocycles. The third kappa shape index (κ3) is 6.93. The number of aliphatic carboxylic acids is 1. The number of carboxylic acids is 1. The van der Waals surface area contributed by atoms with Gasteiger partial charge in [-0.1, -0.05) is 12.8 Å². The maximum Gasteiger partial charge on any atom is 0.326 e. The molecule has 4 N–H and O–H groups in total. The van der Waals surface area contributed by atoms with Crippen molar-refractivity contribution in [2.75, 3.05) is 13.1 Å². The predicted octanol–water partition coefficient (Wildman–Crippen LogP) is -0.240. The number of carbonyl (C=O) groups is 3. The molecule has 0 aliphatic rings. The average molecular weight is 269 g/mol. The second-order valence-corrected chi connectivity index (χ2v) is 3.97. The Balaban J connectivity index is 4.55. The molecule has 0 unspecified atom stereocenters. The number of urea groups is 1. The quantitative estimate of drug-likeness (QED) is 0.528. The van der Waals surface area contributed by atoms with Crippen molar-refractivity contribution in [3.8, 4) is 12.3 Å². The lowest BCUT2D eigenvalue weighted by molar-refractivity contribution is -0.139. The molecule has 0 aliphatic heterocycles. The van der Waals surface area contributed by atoms with Gasteiger partial charge in [-0.25, -0.2) is 9.59 Å². The van der Waals surface area contributed by atoms with Crippen LogP contribution in [0, 0.1) is 12.3 Å². The Morgan fingerprint density at radius 1 is 1.47 bits per heavy atom. The number of hydrogen-bond donors (Lipinski definition) is 3. The summed E-state index contributed by atoms with van der Waals surface area (Å²) in [5.74, 6) is 0.498. The summed E-state index contributed by atoms with van der Waals surface area (Å²) in [6.07, 6.45) is 5.68. The molecule has 19 heavy (non-hydrogen) atoms. The van der Waals surface area contributed by atoms with Crippen molar-refractivity contribution >= 4 is 17.9 Å². The van der Waals surface area contributed by atoms with E-state index in [2.05, 4.69) is 11.2 Å². The highest BCUT2D eigenvalue weighted by atomic mass is 16.4. The Bertz CT molecular complexity index is 376. The van der Waals surface area contributed by atoms with Crippen LogP contribution in [0.3, 0.4) is 0 Å². The van der Waals surface area contributed by atoms with Gasteiger partial charge in [0.1, 0.15) is 6.04 Å². The normalized spacial score (nSPS) is 11.2. The molecule has 106 valence electrons. The van der Waals surface area contributed by atoms with E-state index in [-0.39, 0.29) is 19.4 Å². The van der Waals surface area contributed by atoms with E-state index in [1.54, 1.807) is 0 Å². The summed E-state index contributed by atoms with van der Waals surface area (Å²) in [5.41, 5.74) is 4.95. The van der Waals surface area contributed by atoms with Crippen LogP contribution in [0.1, 0.15) is 26.2 Å². The van der Waals surface area contributed by atoms with Gasteiger partial charge in [0.25, 0.3) is 0 Å². The number of terminal acetylenes is 1. The molecule has 0 aromatic carbocycles. The molecule has 0 rings (SSSR count). The number of rotatable bonds is 8. The van der Waals surface area contributed by atoms with Crippen molar-refractivity contribution in [3.63, 3.8) is 0 Å². The van der Waals surface area contributed by atoms with Gasteiger partial charge in [0.05, 0.1) is 6.54 Å². The third-order valence-corrected chi connectivity index (χ3v) is 2.34. The lowest BCUT2D eigenvalue weighted by Crippen LogP contribution is -2.48. The summed E-state index contributed by atoms with van der Waals surface area (Å²) in [6.45, 7) is 2.40. The minimum absolute atomic E-state index is 0.0492. The monoisotopic (exact) mass is 269 g/mol. The van der Waals surface area contributed by atoms with Crippen molar-refractivity contribution < 1.29 is 19.5 Å². The predicted molar refractivity (Wildman–Crippen MR) is 69.1 cm³/mol. The van der Waals surface area contributed by atoms with Gasteiger partial charge in [0.2, 0.25) is 5.91 Å². The van der Waals surface area contributed by atoms with Gasteiger partial charge < -0.3 is 21.1 Å². The van der Waals surface area contributed by atoms with Crippen molar-refractivity contribution in [1.82, 2.24) is 10.2 Å². The maximum atomic E-state index is 11.8. The molecular weight excluding hydrogens is 250 g/mol. The zero-order valence-electron chi connectivity index (χ0n) is 10.9. The Morgan fingerprint density at radius 3 is 2.53 bits per heavy atom. The van der Waals surface area contributed by atoms with E-state index in [0.29, 0.717) is 13.0 Å². The number of carbonyl (C=O) groups excluding carboxylic acids is 2. The van der Waals surface area contributed by atoms with E-state index in [1.807, 2.05) is 6.92 Å². The van der Waals surface area contributed by atoms with Crippen molar-refractivity contribution in [2.45, 2.75) is 32.2 Å². The summed E-state index contributed by atoms with van der Waals surface area (Å²) in [4.78, 5) is 34.7. The van der Waals surface area contributed by atoms with Gasteiger partial charge in [-0.2, -0.15) is 0 Å². The Labute approximate surface area is 112 Å². The van der Waals surface area contributed by atoms with Crippen LogP contribution in [0.4, 0.5) is 4.79 Å². The first-order valence-corrected chi connectivity index (χ1v) is 5.92. The number of hydrogen-bond acceptors (Lipinski definition) is 3. The van der Waals surface area contributed by atoms with Gasteiger partial charge in [-0.3, -0.25) is 4.79 Å². The molecule has 0 saturated heterocycles. The van der Waals surface area contributed by atoms with Gasteiger partial charge in [0.15, 0.2) is 0 Å². The van der Waals surface area contributed by atoms with E-state index in [1.165, 1.54) is 4.90 Å². The largest absolute Gasteiger partial charge is 0.480 e. The van der Waals surface area contributed by atoms with Crippen molar-refractivity contribution in [3.05, 3.63) is 0 Å². The Kier molecular flexibility index (Phi) is 7.77. The molecule has 3 amide bonds. The fraction of sp³-hybridized carbons (Fsp3) is 0.583. The van der Waals surface area contributed by atoms with Gasteiger partial charge in [-0.15, -0.1) is 6.42 Å². The molecule has 0 fully saturated rings. The topological polar surface area (TPSA) is 113 Å². The molecule has 0 radical (unpaired) electrons. The van der Waals surface area contributed by atoms with Gasteiger partial charge in [0, 0.05) is 13.0 Å². The number of primary amides is 1. The molecule has 7 heteroatoms. The highest BCUT2D eigenvalue weighted by Gasteiger charge is 2.22. The molecule has 1 atom stereocenters. The van der Waals surface area contributed by atoms with Crippen LogP contribution < -0.4 is 11.1 Å². The zero-order chi connectivity index (χ0) is 14.8. The van der Waals surface area contributed by atoms with E-state index >= 15 is 0 Å². The van der Waals surface area contributed by atoms with Crippen molar-refractivity contribution in [2.24, 2.45) is 5.73 Å². The van der Waals surface area contributed by atoms with Crippen LogP contribution in [0.2, 0.25) is 0 Å². The molecule has 0 bridgehead atoms. The van der Waals surface area contributed by atoms with Gasteiger partial charge in [-0.05, 0) is 12.8 Å². The van der Waals surface area contributed by atoms with E-state index < -0.39 is 23.9 Å². The first-order chi connectivity index (χ1) is 8.92. The summed E-state index contributed by atoms with van der Waals surface area (Å²) in [5, 5.41) is 11.3. The molecular formula is C12H19N3O4. The van der Waals surface area contributed by atoms with Crippen LogP contribution >= 0.6 is 0 Å². The molecule has 0 saturated carbocycles. The fourth-order valence-electron chi connectivity index (χ4n) is 1.42. The number of carboxylic acid groups (broad SMARTS) is 1. The maximum absolute atomic E-state index is 11.8. The number of nitrogens with two attached hydrogens (primary N) is 1. The second-order valence-electron chi connectivity index (χ2n) is 3.97. The molecule has 0 aromatic heterocycles. The molecule has 0 aliphatic carbocycles. The molecule has 0 spiro atoms. The zero-order valence-corrected chi connectivity index (χ0v) is 10.9. The second kappa shape index (κ2) is 8.80. The first kappa shape index (κ1) is 16.8. The lowest BCUT2D eigenvalue weighted by atomic mass is 10.1. The molecule has 0 aromatic rings. The van der Waals surface area contributed by atoms with Crippen LogP contribution in [0.25, 0.3) is 0 Å². The fourth-order valence-corrected chi connectivity index (χ4v) is 1.42. The number of nitrogens with one attached hydrogen (secondary N) is 1. The highest BCUT2D eigenvalue weighted by molar-refractivity contribution is 5.83. The average Bonchev–Trinajstić information content (AvgIpc) is 2.33. The smallest absolute Gasteiger partial charge is 0.326 e. The highest BCUT2D eigenvalue weighted by Crippen LogP contribution is 2.00. The van der Waals surface area contributed by atoms with Crippen LogP contribution in [-0.2, 0) is 9.59 Å². The minimum Gasteiger partial charge on any atom is -0.480 e. The summed E-state index contributed by atoms with van der Waals surface area (Å²) in [6, 6.07) is -1.71. The minimum atomic E-state index is -1.22. The molecule has 7 nitrogen and oxygen atoms in total. The Hall–Kier alpha value is -2.23. The summed E-state index contributed by atoms with van der Waals surface area (Å²) < 4.78 is 0. The van der Waals surface area contributed by atoms with Gasteiger partial charge >= 0.3 is 12.0 Å². The van der Waals surface area contributed by atoms with E-state index in [4.69, 9.17) is 17.3 Å². The SMILES string of the molecule is C#CCN(CCC)C(=O)N[C@@H](CCC(N)=O)C(=O)O. The lowest BCUT2D eigenvalue weighted by Gasteiger charge is -2.22. The Morgan fingerprint density at radius 2 is 2.11 bits per heavy atom. The number of nitrogens with zero attached hydrogens (tertiary/aromatic N) is 1. The number of amides is 3. The van der Waals surface area contributed by atoms with E-state index in [9.17, 15) is 14.4 Å². The summed E-state index contributed by atoms with van der Waals surface area (Å²) in [7, 11) is 0. The standard InChI is InChI=1S/C12H19N3O4/c1-3-7-15(8-4-2)12(19)14-9(11(17)18)5-6-10(13)16/h1,9H,4-8H2,2H3,(H2,13,16)(H,14,19)(H,17,18)/t9-/m0/s1. The van der Waals surface area contributed by atoms with E-state index in [0.717, 1.165) is 0 Å². The summed E-state index contributed by atoms with van der Waals surface area (Å²) >= 11 is 0.